The molecular formula is C29H24N2O. The van der Waals surface area contributed by atoms with Crippen LogP contribution in [0, 0.1) is 6.92 Å². The summed E-state index contributed by atoms with van der Waals surface area (Å²) in [6, 6.07) is 26.2. The summed E-state index contributed by atoms with van der Waals surface area (Å²) in [6.45, 7) is 4.49. The molecule has 32 heavy (non-hydrogen) atoms. The Kier molecular flexibility index (Phi) is 3.45. The van der Waals surface area contributed by atoms with Gasteiger partial charge in [0.05, 0.1) is 17.1 Å². The van der Waals surface area contributed by atoms with Crippen LogP contribution in [0.2, 0.25) is 0 Å². The summed E-state index contributed by atoms with van der Waals surface area (Å²) in [5, 5.41) is 2.36. The Morgan fingerprint density at radius 3 is 2.53 bits per heavy atom. The molecule has 0 amide bonds. The second-order valence-corrected chi connectivity index (χ2v) is 9.11. The minimum Gasteiger partial charge on any atom is -0.454 e. The minimum atomic E-state index is 0.192. The molecule has 2 heterocycles. The maximum atomic E-state index is 6.50. The van der Waals surface area contributed by atoms with Gasteiger partial charge >= 0.3 is 0 Å². The van der Waals surface area contributed by atoms with E-state index in [-0.39, 0.29) is 6.17 Å². The first-order valence-corrected chi connectivity index (χ1v) is 11.3. The van der Waals surface area contributed by atoms with Gasteiger partial charge in [-0.05, 0) is 53.8 Å². The molecule has 1 aliphatic heterocycles. The number of fused-ring (bicyclic) bond motifs is 8. The van der Waals surface area contributed by atoms with Crippen LogP contribution in [0.25, 0.3) is 33.1 Å². The maximum absolute atomic E-state index is 6.50. The van der Waals surface area contributed by atoms with Gasteiger partial charge in [-0.2, -0.15) is 0 Å². The Balaban J connectivity index is 1.54. The second-order valence-electron chi connectivity index (χ2n) is 9.11. The average Bonchev–Trinajstić information content (AvgIpc) is 3.45. The van der Waals surface area contributed by atoms with Gasteiger partial charge in [-0.3, -0.25) is 0 Å². The molecule has 0 bridgehead atoms. The van der Waals surface area contributed by atoms with Crippen molar-refractivity contribution >= 4 is 39.0 Å². The van der Waals surface area contributed by atoms with Gasteiger partial charge in [-0.1, -0.05) is 60.7 Å². The highest BCUT2D eigenvalue weighted by Crippen LogP contribution is 2.53. The molecule has 0 saturated carbocycles. The van der Waals surface area contributed by atoms with E-state index in [0.29, 0.717) is 0 Å². The molecule has 1 atom stereocenters. The van der Waals surface area contributed by atoms with Crippen LogP contribution in [0.15, 0.2) is 77.2 Å². The van der Waals surface area contributed by atoms with Crippen LogP contribution >= 0.6 is 0 Å². The van der Waals surface area contributed by atoms with Crippen molar-refractivity contribution in [2.24, 2.45) is 0 Å². The molecule has 0 unspecified atom stereocenters. The number of nitrogens with zero attached hydrogens (tertiary/aromatic N) is 2. The van der Waals surface area contributed by atoms with Gasteiger partial charge in [0.25, 0.3) is 0 Å². The van der Waals surface area contributed by atoms with E-state index in [2.05, 4.69) is 97.4 Å². The standard InChI is InChI=1S/C29H24N2O/c1-17-12-13-23-22-10-6-7-11-26(22)32-29(23)27(17)31-18(2)30(3)25-15-14-21-20-9-5-4-8-19(20)16-24(21)28(25)31/h4-15,18H,16H2,1-3H3/t18-/m0/s1. The van der Waals surface area contributed by atoms with E-state index in [1.165, 1.54) is 55.7 Å². The van der Waals surface area contributed by atoms with Crippen molar-refractivity contribution in [2.75, 3.05) is 16.8 Å². The van der Waals surface area contributed by atoms with Crippen molar-refractivity contribution < 1.29 is 4.42 Å². The lowest BCUT2D eigenvalue weighted by Crippen LogP contribution is -2.36. The Bertz CT molecular complexity index is 1560. The van der Waals surface area contributed by atoms with Gasteiger partial charge in [0, 0.05) is 24.2 Å². The second kappa shape index (κ2) is 6.17. The number of furan rings is 1. The zero-order valence-electron chi connectivity index (χ0n) is 18.5. The van der Waals surface area contributed by atoms with E-state index in [1.807, 2.05) is 6.07 Å². The van der Waals surface area contributed by atoms with Gasteiger partial charge in [0.15, 0.2) is 5.58 Å². The SMILES string of the molecule is Cc1ccc2c(oc3ccccc32)c1N1c2c(ccc3c2Cc2ccccc2-3)N(C)[C@@H]1C. The van der Waals surface area contributed by atoms with Crippen molar-refractivity contribution in [3.8, 4) is 11.1 Å². The molecule has 0 fully saturated rings. The molecule has 1 aromatic heterocycles. The third-order valence-electron chi connectivity index (χ3n) is 7.45. The van der Waals surface area contributed by atoms with E-state index < -0.39 is 0 Å². The van der Waals surface area contributed by atoms with Crippen LogP contribution in [0.3, 0.4) is 0 Å². The fourth-order valence-corrected chi connectivity index (χ4v) is 5.77. The Hall–Kier alpha value is -3.72. The largest absolute Gasteiger partial charge is 0.454 e. The molecule has 7 rings (SSSR count). The first-order chi connectivity index (χ1) is 15.6. The molecule has 0 N–H and O–H groups in total. The zero-order valence-corrected chi connectivity index (χ0v) is 18.5. The molecule has 3 heteroatoms. The molecule has 3 nitrogen and oxygen atoms in total. The highest BCUT2D eigenvalue weighted by Gasteiger charge is 2.38. The summed E-state index contributed by atoms with van der Waals surface area (Å²) < 4.78 is 6.50. The van der Waals surface area contributed by atoms with Gasteiger partial charge in [0.2, 0.25) is 0 Å². The topological polar surface area (TPSA) is 19.6 Å². The fraction of sp³-hybridized carbons (Fsp3) is 0.172. The van der Waals surface area contributed by atoms with Crippen LogP contribution in [-0.4, -0.2) is 13.2 Å². The average molecular weight is 417 g/mol. The van der Waals surface area contributed by atoms with Crippen molar-refractivity contribution in [1.29, 1.82) is 0 Å². The van der Waals surface area contributed by atoms with Crippen LogP contribution in [0.1, 0.15) is 23.6 Å². The highest BCUT2D eigenvalue weighted by atomic mass is 16.3. The summed E-state index contributed by atoms with van der Waals surface area (Å²) in [5.41, 5.74) is 12.5. The number of rotatable bonds is 1. The zero-order chi connectivity index (χ0) is 21.6. The summed E-state index contributed by atoms with van der Waals surface area (Å²) in [4.78, 5) is 4.90. The molecule has 5 aromatic rings. The lowest BCUT2D eigenvalue weighted by Gasteiger charge is -2.29. The van der Waals surface area contributed by atoms with E-state index >= 15 is 0 Å². The van der Waals surface area contributed by atoms with Gasteiger partial charge in [0.1, 0.15) is 11.7 Å². The summed E-state index contributed by atoms with van der Waals surface area (Å²) in [6.07, 6.45) is 1.17. The normalized spacial score (nSPS) is 16.7. The molecule has 0 saturated heterocycles. The first-order valence-electron chi connectivity index (χ1n) is 11.3. The summed E-state index contributed by atoms with van der Waals surface area (Å²) in [5.74, 6) is 0. The smallest absolute Gasteiger partial charge is 0.159 e. The molecular weight excluding hydrogens is 392 g/mol. The van der Waals surface area contributed by atoms with Crippen molar-refractivity contribution in [3.05, 3.63) is 89.5 Å². The predicted octanol–water partition coefficient (Wildman–Crippen LogP) is 7.40. The van der Waals surface area contributed by atoms with Gasteiger partial charge < -0.3 is 14.2 Å². The third-order valence-corrected chi connectivity index (χ3v) is 7.45. The van der Waals surface area contributed by atoms with Crippen molar-refractivity contribution in [2.45, 2.75) is 26.4 Å². The lowest BCUT2D eigenvalue weighted by atomic mass is 10.0. The Labute approximate surface area is 187 Å². The molecule has 4 aromatic carbocycles. The highest BCUT2D eigenvalue weighted by molar-refractivity contribution is 6.11. The number of hydrogen-bond donors (Lipinski definition) is 0. The molecule has 1 aliphatic carbocycles. The van der Waals surface area contributed by atoms with Crippen LogP contribution < -0.4 is 9.80 Å². The van der Waals surface area contributed by atoms with Crippen molar-refractivity contribution in [3.63, 3.8) is 0 Å². The Morgan fingerprint density at radius 2 is 1.62 bits per heavy atom. The van der Waals surface area contributed by atoms with Crippen LogP contribution in [0.5, 0.6) is 0 Å². The number of hydrogen-bond acceptors (Lipinski definition) is 3. The number of para-hydroxylation sites is 1. The molecule has 0 radical (unpaired) electrons. The van der Waals surface area contributed by atoms with E-state index in [9.17, 15) is 0 Å². The molecule has 2 aliphatic rings. The number of benzene rings is 4. The summed E-state index contributed by atoms with van der Waals surface area (Å²) >= 11 is 0. The molecule has 156 valence electrons. The van der Waals surface area contributed by atoms with E-state index in [4.69, 9.17) is 4.42 Å². The minimum absolute atomic E-state index is 0.192. The third kappa shape index (κ3) is 2.16. The predicted molar refractivity (Wildman–Crippen MR) is 133 cm³/mol. The van der Waals surface area contributed by atoms with Crippen molar-refractivity contribution in [1.82, 2.24) is 0 Å². The Morgan fingerprint density at radius 1 is 0.812 bits per heavy atom. The summed E-state index contributed by atoms with van der Waals surface area (Å²) in [7, 11) is 2.20. The lowest BCUT2D eigenvalue weighted by molar-refractivity contribution is 0.661. The van der Waals surface area contributed by atoms with E-state index in [0.717, 1.165) is 17.6 Å². The fourth-order valence-electron chi connectivity index (χ4n) is 5.77. The van der Waals surface area contributed by atoms with Crippen LogP contribution in [0.4, 0.5) is 17.1 Å². The quantitative estimate of drug-likeness (QED) is 0.278. The number of anilines is 3. The van der Waals surface area contributed by atoms with Gasteiger partial charge in [-0.25, -0.2) is 0 Å². The van der Waals surface area contributed by atoms with Gasteiger partial charge in [-0.15, -0.1) is 0 Å². The monoisotopic (exact) mass is 416 g/mol. The van der Waals surface area contributed by atoms with E-state index in [1.54, 1.807) is 0 Å². The number of aryl methyl sites for hydroxylation is 1. The maximum Gasteiger partial charge on any atom is 0.159 e. The first kappa shape index (κ1) is 17.9. The molecule has 0 spiro atoms. The van der Waals surface area contributed by atoms with Crippen LogP contribution in [-0.2, 0) is 6.42 Å².